The number of hydrogen-bond acceptors (Lipinski definition) is 4. The molecule has 17 heavy (non-hydrogen) atoms. The molecule has 0 radical (unpaired) electrons. The summed E-state index contributed by atoms with van der Waals surface area (Å²) in [4.78, 5) is 10.1. The van der Waals surface area contributed by atoms with Crippen LogP contribution < -0.4 is 0 Å². The zero-order valence-electron chi connectivity index (χ0n) is 8.98. The van der Waals surface area contributed by atoms with Crippen LogP contribution in [-0.2, 0) is 13.2 Å². The van der Waals surface area contributed by atoms with Crippen molar-refractivity contribution in [2.75, 3.05) is 0 Å². The van der Waals surface area contributed by atoms with Crippen LogP contribution >= 0.6 is 0 Å². The van der Waals surface area contributed by atoms with Crippen LogP contribution in [0.4, 0.5) is 5.69 Å². The summed E-state index contributed by atoms with van der Waals surface area (Å²) >= 11 is 0. The van der Waals surface area contributed by atoms with Crippen molar-refractivity contribution in [1.29, 1.82) is 0 Å². The first-order valence-electron chi connectivity index (χ1n) is 5.06. The van der Waals surface area contributed by atoms with E-state index in [9.17, 15) is 10.1 Å². The molecular formula is C11H11N3O3. The molecule has 0 spiro atoms. The minimum atomic E-state index is -0.542. The molecule has 6 heteroatoms. The molecule has 0 aliphatic rings. The quantitative estimate of drug-likeness (QED) is 0.638. The van der Waals surface area contributed by atoms with Gasteiger partial charge < -0.3 is 5.11 Å². The van der Waals surface area contributed by atoms with Gasteiger partial charge in [-0.1, -0.05) is 30.3 Å². The smallest absolute Gasteiger partial charge is 0.312 e. The Morgan fingerprint density at radius 2 is 2.06 bits per heavy atom. The van der Waals surface area contributed by atoms with Gasteiger partial charge in [0.1, 0.15) is 11.9 Å². The summed E-state index contributed by atoms with van der Waals surface area (Å²) in [7, 11) is 0. The van der Waals surface area contributed by atoms with Crippen molar-refractivity contribution in [3.8, 4) is 0 Å². The van der Waals surface area contributed by atoms with Gasteiger partial charge in [-0.3, -0.25) is 14.8 Å². The molecule has 0 saturated heterocycles. The fraction of sp³-hybridized carbons (Fsp3) is 0.182. The number of aliphatic hydroxyl groups is 1. The van der Waals surface area contributed by atoms with Crippen LogP contribution in [0.15, 0.2) is 36.5 Å². The van der Waals surface area contributed by atoms with E-state index >= 15 is 0 Å². The number of rotatable bonds is 4. The van der Waals surface area contributed by atoms with Crippen LogP contribution in [0.1, 0.15) is 11.3 Å². The normalized spacial score (nSPS) is 10.4. The maximum atomic E-state index is 10.7. The summed E-state index contributed by atoms with van der Waals surface area (Å²) in [5.74, 6) is 0. The lowest BCUT2D eigenvalue weighted by atomic mass is 10.2. The van der Waals surface area contributed by atoms with Gasteiger partial charge in [0.25, 0.3) is 0 Å². The molecule has 88 valence electrons. The Bertz CT molecular complexity index is 522. The molecule has 0 aliphatic heterocycles. The Morgan fingerprint density at radius 1 is 1.35 bits per heavy atom. The highest BCUT2D eigenvalue weighted by molar-refractivity contribution is 5.33. The third-order valence-electron chi connectivity index (χ3n) is 2.45. The topological polar surface area (TPSA) is 81.2 Å². The first kappa shape index (κ1) is 11.3. The van der Waals surface area contributed by atoms with Crippen molar-refractivity contribution >= 4 is 5.69 Å². The molecule has 0 saturated carbocycles. The SMILES string of the molecule is O=[N+]([O-])c1cnn(Cc2ccccc2)c1CO. The van der Waals surface area contributed by atoms with Crippen LogP contribution in [-0.4, -0.2) is 19.8 Å². The first-order chi connectivity index (χ1) is 8.22. The number of aliphatic hydroxyl groups excluding tert-OH is 1. The molecule has 0 bridgehead atoms. The fourth-order valence-electron chi connectivity index (χ4n) is 1.61. The highest BCUT2D eigenvalue weighted by atomic mass is 16.6. The minimum absolute atomic E-state index is 0.150. The summed E-state index contributed by atoms with van der Waals surface area (Å²) in [6.45, 7) is 0.00766. The largest absolute Gasteiger partial charge is 0.390 e. The molecule has 6 nitrogen and oxygen atoms in total. The average Bonchev–Trinajstić information content (AvgIpc) is 2.73. The fourth-order valence-corrected chi connectivity index (χ4v) is 1.61. The van der Waals surface area contributed by atoms with E-state index in [1.165, 1.54) is 4.68 Å². The Kier molecular flexibility index (Phi) is 3.15. The van der Waals surface area contributed by atoms with E-state index in [1.54, 1.807) is 0 Å². The summed E-state index contributed by atoms with van der Waals surface area (Å²) in [5.41, 5.74) is 1.04. The molecule has 2 rings (SSSR count). The molecule has 2 aromatic rings. The van der Waals surface area contributed by atoms with Gasteiger partial charge in [0.15, 0.2) is 0 Å². The number of benzene rings is 1. The van der Waals surface area contributed by atoms with Crippen LogP contribution in [0.5, 0.6) is 0 Å². The standard InChI is InChI=1S/C11H11N3O3/c15-8-11-10(14(16)17)6-12-13(11)7-9-4-2-1-3-5-9/h1-6,15H,7-8H2. The van der Waals surface area contributed by atoms with Gasteiger partial charge >= 0.3 is 5.69 Å². The number of hydrogen-bond donors (Lipinski definition) is 1. The average molecular weight is 233 g/mol. The lowest BCUT2D eigenvalue weighted by Crippen LogP contribution is -2.07. The molecule has 1 N–H and O–H groups in total. The van der Waals surface area contributed by atoms with Gasteiger partial charge in [-0.25, -0.2) is 0 Å². The summed E-state index contributed by atoms with van der Waals surface area (Å²) < 4.78 is 1.44. The molecule has 1 aromatic heterocycles. The second-order valence-corrected chi connectivity index (χ2v) is 3.53. The molecule has 0 fully saturated rings. The molecule has 1 aromatic carbocycles. The van der Waals surface area contributed by atoms with Crippen molar-refractivity contribution in [2.24, 2.45) is 0 Å². The zero-order chi connectivity index (χ0) is 12.3. The van der Waals surface area contributed by atoms with E-state index in [1.807, 2.05) is 30.3 Å². The Labute approximate surface area is 97.3 Å². The summed E-state index contributed by atoms with van der Waals surface area (Å²) in [6.07, 6.45) is 1.16. The van der Waals surface area contributed by atoms with Crippen molar-refractivity contribution in [2.45, 2.75) is 13.2 Å². The van der Waals surface area contributed by atoms with E-state index in [4.69, 9.17) is 5.11 Å². The maximum Gasteiger partial charge on any atom is 0.312 e. The summed E-state index contributed by atoms with van der Waals surface area (Å²) in [6, 6.07) is 9.45. The van der Waals surface area contributed by atoms with E-state index in [0.29, 0.717) is 6.54 Å². The van der Waals surface area contributed by atoms with E-state index in [2.05, 4.69) is 5.10 Å². The van der Waals surface area contributed by atoms with Crippen LogP contribution in [0.2, 0.25) is 0 Å². The van der Waals surface area contributed by atoms with Crippen LogP contribution in [0.3, 0.4) is 0 Å². The monoisotopic (exact) mass is 233 g/mol. The molecule has 1 heterocycles. The minimum Gasteiger partial charge on any atom is -0.390 e. The Balaban J connectivity index is 2.31. The highest BCUT2D eigenvalue weighted by Crippen LogP contribution is 2.18. The molecule has 0 amide bonds. The Morgan fingerprint density at radius 3 is 2.65 bits per heavy atom. The summed E-state index contributed by atoms with van der Waals surface area (Å²) in [5, 5.41) is 23.8. The third kappa shape index (κ3) is 2.31. The first-order valence-corrected chi connectivity index (χ1v) is 5.06. The highest BCUT2D eigenvalue weighted by Gasteiger charge is 2.19. The van der Waals surface area contributed by atoms with Crippen molar-refractivity contribution in [1.82, 2.24) is 9.78 Å². The van der Waals surface area contributed by atoms with Gasteiger partial charge in [-0.2, -0.15) is 5.10 Å². The second-order valence-electron chi connectivity index (χ2n) is 3.53. The number of nitro groups is 1. The van der Waals surface area contributed by atoms with Crippen molar-refractivity contribution in [3.05, 3.63) is 57.9 Å². The number of nitrogens with zero attached hydrogens (tertiary/aromatic N) is 3. The Hall–Kier alpha value is -2.21. The van der Waals surface area contributed by atoms with Crippen molar-refractivity contribution in [3.63, 3.8) is 0 Å². The third-order valence-corrected chi connectivity index (χ3v) is 2.45. The predicted octanol–water partition coefficient (Wildman–Crippen LogP) is 1.33. The molecule has 0 atom stereocenters. The van der Waals surface area contributed by atoms with Crippen LogP contribution in [0, 0.1) is 10.1 Å². The van der Waals surface area contributed by atoms with E-state index in [-0.39, 0.29) is 11.4 Å². The van der Waals surface area contributed by atoms with Gasteiger partial charge in [-0.05, 0) is 5.56 Å². The predicted molar refractivity (Wildman–Crippen MR) is 60.3 cm³/mol. The van der Waals surface area contributed by atoms with Gasteiger partial charge in [0, 0.05) is 0 Å². The van der Waals surface area contributed by atoms with E-state index in [0.717, 1.165) is 11.8 Å². The molecule has 0 aliphatic carbocycles. The zero-order valence-corrected chi connectivity index (χ0v) is 8.98. The van der Waals surface area contributed by atoms with Crippen LogP contribution in [0.25, 0.3) is 0 Å². The molecule has 0 unspecified atom stereocenters. The van der Waals surface area contributed by atoms with Gasteiger partial charge in [0.2, 0.25) is 0 Å². The second kappa shape index (κ2) is 4.75. The lowest BCUT2D eigenvalue weighted by molar-refractivity contribution is -0.386. The maximum absolute atomic E-state index is 10.7. The van der Waals surface area contributed by atoms with Gasteiger partial charge in [0.05, 0.1) is 18.1 Å². The van der Waals surface area contributed by atoms with Crippen molar-refractivity contribution < 1.29 is 10.0 Å². The van der Waals surface area contributed by atoms with Gasteiger partial charge in [-0.15, -0.1) is 0 Å². The number of aromatic nitrogens is 2. The van der Waals surface area contributed by atoms with E-state index < -0.39 is 11.5 Å². The lowest BCUT2D eigenvalue weighted by Gasteiger charge is -2.04. The molecular weight excluding hydrogens is 222 g/mol.